The van der Waals surface area contributed by atoms with E-state index in [0.717, 1.165) is 25.2 Å². The van der Waals surface area contributed by atoms with Crippen LogP contribution in [0.15, 0.2) is 60.7 Å². The molecular formula is C28H32N2O6. The number of morpholine rings is 1. The number of Topliss-reactive ketones (excluding diaryl/α,β-unsaturated/α-hetero) is 1. The maximum absolute atomic E-state index is 13.3. The number of ether oxygens (including phenoxy) is 2. The highest BCUT2D eigenvalue weighted by Crippen LogP contribution is 2.41. The van der Waals surface area contributed by atoms with E-state index in [0.29, 0.717) is 44.1 Å². The molecule has 0 bridgehead atoms. The average molecular weight is 493 g/mol. The van der Waals surface area contributed by atoms with Crippen molar-refractivity contribution in [3.05, 3.63) is 77.4 Å². The van der Waals surface area contributed by atoms with Crippen LogP contribution < -0.4 is 4.74 Å². The molecular weight excluding hydrogens is 460 g/mol. The summed E-state index contributed by atoms with van der Waals surface area (Å²) in [6, 6.07) is 11.1. The number of phenolic OH excluding ortho intramolecular Hbond substituents is 1. The Balaban J connectivity index is 1.72. The van der Waals surface area contributed by atoms with Gasteiger partial charge in [-0.05, 0) is 43.2 Å². The predicted molar refractivity (Wildman–Crippen MR) is 136 cm³/mol. The number of phenols is 1. The van der Waals surface area contributed by atoms with E-state index in [1.165, 1.54) is 11.0 Å². The average Bonchev–Trinajstić information content (AvgIpc) is 3.14. The summed E-state index contributed by atoms with van der Waals surface area (Å²) >= 11 is 0. The van der Waals surface area contributed by atoms with Crippen LogP contribution in [0.3, 0.4) is 0 Å². The van der Waals surface area contributed by atoms with Gasteiger partial charge in [-0.25, -0.2) is 0 Å². The minimum Gasteiger partial charge on any atom is -0.507 e. The number of benzene rings is 2. The van der Waals surface area contributed by atoms with Gasteiger partial charge in [0.05, 0.1) is 30.4 Å². The number of aliphatic hydroxyl groups excluding tert-OH is 1. The van der Waals surface area contributed by atoms with Gasteiger partial charge in [0.2, 0.25) is 0 Å². The largest absolute Gasteiger partial charge is 0.507 e. The first-order valence-electron chi connectivity index (χ1n) is 12.1. The van der Waals surface area contributed by atoms with E-state index in [2.05, 4.69) is 11.5 Å². The number of carbonyl (C=O) groups excluding carboxylic acids is 2. The van der Waals surface area contributed by atoms with Crippen LogP contribution in [-0.4, -0.2) is 77.7 Å². The second kappa shape index (κ2) is 11.4. The number of aromatic hydroxyl groups is 1. The maximum atomic E-state index is 13.3. The minimum absolute atomic E-state index is 0.0480. The lowest BCUT2D eigenvalue weighted by Gasteiger charge is -2.29. The SMILES string of the molecule is C=CCOc1cccc(C2C(=C(O)c3cc(C)ccc3O)C(=O)C(=O)N2CCCN2CCOCC2)c1. The Morgan fingerprint density at radius 2 is 1.94 bits per heavy atom. The van der Waals surface area contributed by atoms with Gasteiger partial charge in [-0.15, -0.1) is 0 Å². The summed E-state index contributed by atoms with van der Waals surface area (Å²) in [5, 5.41) is 21.7. The number of ketones is 1. The number of amides is 1. The number of carbonyl (C=O) groups is 2. The molecule has 0 aromatic heterocycles. The fraction of sp³-hybridized carbons (Fsp3) is 0.357. The maximum Gasteiger partial charge on any atom is 0.295 e. The number of nitrogens with zero attached hydrogens (tertiary/aromatic N) is 2. The van der Waals surface area contributed by atoms with Gasteiger partial charge >= 0.3 is 0 Å². The lowest BCUT2D eigenvalue weighted by Crippen LogP contribution is -2.38. The number of aryl methyl sites for hydroxylation is 1. The lowest BCUT2D eigenvalue weighted by molar-refractivity contribution is -0.140. The van der Waals surface area contributed by atoms with Gasteiger partial charge in [0, 0.05) is 26.2 Å². The quantitative estimate of drug-likeness (QED) is 0.240. The number of hydrogen-bond acceptors (Lipinski definition) is 7. The van der Waals surface area contributed by atoms with Gasteiger partial charge in [0.25, 0.3) is 11.7 Å². The third kappa shape index (κ3) is 5.45. The zero-order valence-corrected chi connectivity index (χ0v) is 20.5. The van der Waals surface area contributed by atoms with Crippen molar-refractivity contribution in [3.63, 3.8) is 0 Å². The van der Waals surface area contributed by atoms with Gasteiger partial charge in [0.1, 0.15) is 23.9 Å². The monoisotopic (exact) mass is 492 g/mol. The number of likely N-dealkylation sites (tertiary alicyclic amines) is 1. The Kier molecular flexibility index (Phi) is 8.07. The highest BCUT2D eigenvalue weighted by molar-refractivity contribution is 6.46. The standard InChI is InChI=1S/C28H32N2O6/c1-3-14-36-21-7-4-6-20(18-21)25-24(26(32)22-17-19(2)8-9-23(22)31)27(33)28(34)30(25)11-5-10-29-12-15-35-16-13-29/h3-4,6-9,17-18,25,31-32H,1,5,10-16H2,2H3. The highest BCUT2D eigenvalue weighted by Gasteiger charge is 2.46. The molecule has 2 fully saturated rings. The molecule has 1 unspecified atom stereocenters. The molecule has 2 N–H and O–H groups in total. The molecule has 2 aromatic carbocycles. The van der Waals surface area contributed by atoms with Crippen LogP contribution in [-0.2, 0) is 14.3 Å². The summed E-state index contributed by atoms with van der Waals surface area (Å²) in [4.78, 5) is 30.3. The summed E-state index contributed by atoms with van der Waals surface area (Å²) in [6.45, 7) is 9.91. The van der Waals surface area contributed by atoms with Crippen molar-refractivity contribution in [1.29, 1.82) is 0 Å². The Bertz CT molecular complexity index is 1170. The summed E-state index contributed by atoms with van der Waals surface area (Å²) in [5.74, 6) is -1.45. The fourth-order valence-corrected chi connectivity index (χ4v) is 4.66. The van der Waals surface area contributed by atoms with Gasteiger partial charge in [-0.3, -0.25) is 14.5 Å². The summed E-state index contributed by atoms with van der Waals surface area (Å²) in [6.07, 6.45) is 2.29. The molecule has 2 heterocycles. The molecule has 0 spiro atoms. The van der Waals surface area contributed by atoms with E-state index in [4.69, 9.17) is 9.47 Å². The lowest BCUT2D eigenvalue weighted by atomic mass is 9.94. The predicted octanol–water partition coefficient (Wildman–Crippen LogP) is 3.41. The molecule has 0 radical (unpaired) electrons. The molecule has 2 aromatic rings. The smallest absolute Gasteiger partial charge is 0.295 e. The molecule has 1 atom stereocenters. The van der Waals surface area contributed by atoms with Crippen LogP contribution in [0.1, 0.15) is 29.2 Å². The minimum atomic E-state index is -0.818. The van der Waals surface area contributed by atoms with Gasteiger partial charge in [-0.1, -0.05) is 36.4 Å². The van der Waals surface area contributed by atoms with Crippen LogP contribution in [0, 0.1) is 6.92 Å². The number of rotatable bonds is 9. The summed E-state index contributed by atoms with van der Waals surface area (Å²) in [7, 11) is 0. The van der Waals surface area contributed by atoms with Crippen LogP contribution >= 0.6 is 0 Å². The topological polar surface area (TPSA) is 99.5 Å². The van der Waals surface area contributed by atoms with Crippen molar-refractivity contribution in [2.24, 2.45) is 0 Å². The van der Waals surface area contributed by atoms with E-state index in [1.807, 2.05) is 6.92 Å². The van der Waals surface area contributed by atoms with Crippen LogP contribution in [0.2, 0.25) is 0 Å². The second-order valence-corrected chi connectivity index (χ2v) is 8.99. The molecule has 0 aliphatic carbocycles. The van der Waals surface area contributed by atoms with E-state index >= 15 is 0 Å². The first-order chi connectivity index (χ1) is 17.4. The van der Waals surface area contributed by atoms with E-state index in [-0.39, 0.29) is 16.9 Å². The Labute approximate surface area is 211 Å². The van der Waals surface area contributed by atoms with E-state index < -0.39 is 23.5 Å². The molecule has 8 heteroatoms. The molecule has 36 heavy (non-hydrogen) atoms. The highest BCUT2D eigenvalue weighted by atomic mass is 16.5. The molecule has 8 nitrogen and oxygen atoms in total. The zero-order valence-electron chi connectivity index (χ0n) is 20.5. The third-order valence-electron chi connectivity index (χ3n) is 6.47. The number of hydrogen-bond donors (Lipinski definition) is 2. The van der Waals surface area contributed by atoms with Crippen molar-refractivity contribution in [2.75, 3.05) is 46.0 Å². The third-order valence-corrected chi connectivity index (χ3v) is 6.47. The van der Waals surface area contributed by atoms with Gasteiger partial charge in [0.15, 0.2) is 0 Å². The Hall–Kier alpha value is -3.62. The first-order valence-corrected chi connectivity index (χ1v) is 12.1. The van der Waals surface area contributed by atoms with Crippen LogP contribution in [0.25, 0.3) is 5.76 Å². The fourth-order valence-electron chi connectivity index (χ4n) is 4.66. The van der Waals surface area contributed by atoms with Crippen molar-refractivity contribution in [2.45, 2.75) is 19.4 Å². The van der Waals surface area contributed by atoms with Crippen molar-refractivity contribution >= 4 is 17.4 Å². The van der Waals surface area contributed by atoms with Gasteiger partial charge in [-0.2, -0.15) is 0 Å². The first kappa shape index (κ1) is 25.5. The molecule has 2 aliphatic heterocycles. The molecule has 4 rings (SSSR count). The van der Waals surface area contributed by atoms with Crippen molar-refractivity contribution in [1.82, 2.24) is 9.80 Å². The van der Waals surface area contributed by atoms with Crippen LogP contribution in [0.4, 0.5) is 0 Å². The van der Waals surface area contributed by atoms with Crippen molar-refractivity contribution < 1.29 is 29.3 Å². The Morgan fingerprint density at radius 1 is 1.17 bits per heavy atom. The second-order valence-electron chi connectivity index (χ2n) is 8.99. The Morgan fingerprint density at radius 3 is 2.69 bits per heavy atom. The summed E-state index contributed by atoms with van der Waals surface area (Å²) in [5.41, 5.74) is 1.50. The molecule has 190 valence electrons. The zero-order chi connectivity index (χ0) is 25.7. The van der Waals surface area contributed by atoms with Crippen molar-refractivity contribution in [3.8, 4) is 11.5 Å². The van der Waals surface area contributed by atoms with E-state index in [9.17, 15) is 19.8 Å². The normalized spacial score (nSPS) is 20.0. The molecule has 0 saturated carbocycles. The summed E-state index contributed by atoms with van der Waals surface area (Å²) < 4.78 is 11.1. The van der Waals surface area contributed by atoms with Gasteiger partial charge < -0.3 is 24.6 Å². The number of aliphatic hydroxyl groups is 1. The molecule has 2 saturated heterocycles. The molecule has 1 amide bonds. The van der Waals surface area contributed by atoms with Crippen LogP contribution in [0.5, 0.6) is 11.5 Å². The van der Waals surface area contributed by atoms with E-state index in [1.54, 1.807) is 42.5 Å². The molecule has 2 aliphatic rings.